The molecule has 0 fully saturated rings. The number of hydrogen-bond donors (Lipinski definition) is 0. The van der Waals surface area contributed by atoms with Crippen molar-refractivity contribution in [1.29, 1.82) is 0 Å². The van der Waals surface area contributed by atoms with Crippen LogP contribution in [-0.4, -0.2) is 36.7 Å². The number of carbonyl (C=O) groups excluding carboxylic acids is 2. The minimum Gasteiger partial charge on any atom is -0.456 e. The highest BCUT2D eigenvalue weighted by Gasteiger charge is 2.24. The van der Waals surface area contributed by atoms with Crippen LogP contribution in [0.3, 0.4) is 0 Å². The molecule has 1 rings (SSSR count). The van der Waals surface area contributed by atoms with Crippen LogP contribution in [0.2, 0.25) is 0 Å². The summed E-state index contributed by atoms with van der Waals surface area (Å²) in [7, 11) is 0. The molecule has 6 nitrogen and oxygen atoms in total. The molecule has 1 unspecified atom stereocenters. The Bertz CT molecular complexity index is 341. The van der Waals surface area contributed by atoms with Gasteiger partial charge in [0.05, 0.1) is 6.61 Å². The molecular formula is C12H18O6. The molecule has 0 bridgehead atoms. The highest BCUT2D eigenvalue weighted by Crippen LogP contribution is 2.13. The summed E-state index contributed by atoms with van der Waals surface area (Å²) in [6.45, 7) is 6.67. The summed E-state index contributed by atoms with van der Waals surface area (Å²) in [5.74, 6) is -0.389. The van der Waals surface area contributed by atoms with Crippen molar-refractivity contribution >= 4 is 12.1 Å². The Morgan fingerprint density at radius 1 is 1.22 bits per heavy atom. The van der Waals surface area contributed by atoms with Gasteiger partial charge in [0.25, 0.3) is 0 Å². The third-order valence-corrected chi connectivity index (χ3v) is 1.83. The summed E-state index contributed by atoms with van der Waals surface area (Å²) in [6, 6.07) is 0. The first-order chi connectivity index (χ1) is 8.26. The maximum atomic E-state index is 11.3. The Morgan fingerprint density at radius 2 is 1.89 bits per heavy atom. The normalized spacial score (nSPS) is 23.3. The molecule has 0 N–H and O–H groups in total. The standard InChI is InChI=1S/C12H18O6/c1-8(13)16-9-5-6-10(15-7-9)17-11(14)18-12(2,3)4/h5-6,9-10H,7H2,1-4H3/t9-,10?/m0/s1. The second-order valence-corrected chi connectivity index (χ2v) is 4.82. The molecule has 102 valence electrons. The largest absolute Gasteiger partial charge is 0.511 e. The van der Waals surface area contributed by atoms with Crippen LogP contribution in [0.5, 0.6) is 0 Å². The van der Waals surface area contributed by atoms with Crippen molar-refractivity contribution in [2.45, 2.75) is 45.7 Å². The monoisotopic (exact) mass is 258 g/mol. The summed E-state index contributed by atoms with van der Waals surface area (Å²) >= 11 is 0. The van der Waals surface area contributed by atoms with Crippen LogP contribution in [0.15, 0.2) is 12.2 Å². The van der Waals surface area contributed by atoms with Crippen molar-refractivity contribution in [3.05, 3.63) is 12.2 Å². The van der Waals surface area contributed by atoms with E-state index in [0.29, 0.717) is 0 Å². The third-order valence-electron chi connectivity index (χ3n) is 1.83. The Hall–Kier alpha value is -1.56. The molecule has 0 aromatic heterocycles. The summed E-state index contributed by atoms with van der Waals surface area (Å²) in [6.07, 6.45) is 1.05. The average molecular weight is 258 g/mol. The van der Waals surface area contributed by atoms with E-state index >= 15 is 0 Å². The predicted octanol–water partition coefficient (Wildman–Crippen LogP) is 1.78. The van der Waals surface area contributed by atoms with Gasteiger partial charge >= 0.3 is 12.1 Å². The van der Waals surface area contributed by atoms with Crippen molar-refractivity contribution in [1.82, 2.24) is 0 Å². The molecule has 2 atom stereocenters. The summed E-state index contributed by atoms with van der Waals surface area (Å²) in [4.78, 5) is 22.1. The highest BCUT2D eigenvalue weighted by atomic mass is 16.8. The van der Waals surface area contributed by atoms with Gasteiger partial charge in [0, 0.05) is 6.92 Å². The van der Waals surface area contributed by atoms with Crippen LogP contribution in [-0.2, 0) is 23.7 Å². The molecule has 6 heteroatoms. The minimum absolute atomic E-state index is 0.142. The fourth-order valence-electron chi connectivity index (χ4n) is 1.24. The fourth-order valence-corrected chi connectivity index (χ4v) is 1.24. The lowest BCUT2D eigenvalue weighted by Crippen LogP contribution is -2.33. The lowest BCUT2D eigenvalue weighted by molar-refractivity contribution is -0.158. The predicted molar refractivity (Wildman–Crippen MR) is 61.8 cm³/mol. The molecule has 1 heterocycles. The first-order valence-corrected chi connectivity index (χ1v) is 5.63. The molecule has 0 radical (unpaired) electrons. The van der Waals surface area contributed by atoms with E-state index in [-0.39, 0.29) is 12.6 Å². The Labute approximate surface area is 106 Å². The van der Waals surface area contributed by atoms with Gasteiger partial charge in [0.1, 0.15) is 11.7 Å². The Kier molecular flexibility index (Phi) is 4.72. The van der Waals surface area contributed by atoms with Crippen LogP contribution in [0.25, 0.3) is 0 Å². The Balaban J connectivity index is 2.38. The maximum Gasteiger partial charge on any atom is 0.511 e. The third kappa shape index (κ3) is 5.67. The number of rotatable bonds is 2. The van der Waals surface area contributed by atoms with E-state index in [4.69, 9.17) is 18.9 Å². The van der Waals surface area contributed by atoms with Gasteiger partial charge in [0.15, 0.2) is 0 Å². The molecule has 1 aliphatic rings. The molecule has 0 aromatic rings. The number of ether oxygens (including phenoxy) is 4. The smallest absolute Gasteiger partial charge is 0.456 e. The minimum atomic E-state index is -0.813. The number of carbonyl (C=O) groups is 2. The van der Waals surface area contributed by atoms with Gasteiger partial charge in [-0.05, 0) is 32.9 Å². The van der Waals surface area contributed by atoms with E-state index in [2.05, 4.69) is 0 Å². The van der Waals surface area contributed by atoms with E-state index in [9.17, 15) is 9.59 Å². The molecule has 0 aliphatic carbocycles. The first kappa shape index (κ1) is 14.5. The van der Waals surface area contributed by atoms with Gasteiger partial charge in [-0.2, -0.15) is 0 Å². The second-order valence-electron chi connectivity index (χ2n) is 4.82. The van der Waals surface area contributed by atoms with E-state index in [1.54, 1.807) is 26.8 Å². The van der Waals surface area contributed by atoms with Gasteiger partial charge in [-0.3, -0.25) is 4.79 Å². The number of hydrogen-bond acceptors (Lipinski definition) is 6. The van der Waals surface area contributed by atoms with Crippen molar-refractivity contribution in [3.63, 3.8) is 0 Å². The van der Waals surface area contributed by atoms with Crippen LogP contribution >= 0.6 is 0 Å². The molecule has 0 saturated heterocycles. The zero-order valence-corrected chi connectivity index (χ0v) is 11.0. The van der Waals surface area contributed by atoms with Crippen LogP contribution in [0.1, 0.15) is 27.7 Å². The van der Waals surface area contributed by atoms with Gasteiger partial charge in [-0.1, -0.05) is 0 Å². The van der Waals surface area contributed by atoms with E-state index < -0.39 is 24.2 Å². The second kappa shape index (κ2) is 5.86. The van der Waals surface area contributed by atoms with Gasteiger partial charge in [-0.15, -0.1) is 0 Å². The van der Waals surface area contributed by atoms with Crippen molar-refractivity contribution in [2.75, 3.05) is 6.61 Å². The molecule has 0 saturated carbocycles. The zero-order chi connectivity index (χ0) is 13.8. The lowest BCUT2D eigenvalue weighted by Gasteiger charge is -2.25. The van der Waals surface area contributed by atoms with E-state index in [1.807, 2.05) is 0 Å². The highest BCUT2D eigenvalue weighted by molar-refractivity contribution is 5.66. The summed E-state index contributed by atoms with van der Waals surface area (Å²) in [5.41, 5.74) is -0.615. The molecule has 0 amide bonds. The van der Waals surface area contributed by atoms with Crippen molar-refractivity contribution < 1.29 is 28.5 Å². The first-order valence-electron chi connectivity index (χ1n) is 5.63. The SMILES string of the molecule is CC(=O)O[C@H]1C=CC(OC(=O)OC(C)(C)C)OC1. The van der Waals surface area contributed by atoms with Crippen LogP contribution in [0.4, 0.5) is 4.79 Å². The van der Waals surface area contributed by atoms with Crippen LogP contribution in [0, 0.1) is 0 Å². The molecule has 0 aromatic carbocycles. The molecular weight excluding hydrogens is 240 g/mol. The molecule has 0 spiro atoms. The average Bonchev–Trinajstić information content (AvgIpc) is 2.17. The maximum absolute atomic E-state index is 11.3. The molecule has 1 aliphatic heterocycles. The summed E-state index contributed by atoms with van der Waals surface area (Å²) < 4.78 is 20.0. The zero-order valence-electron chi connectivity index (χ0n) is 11.0. The summed E-state index contributed by atoms with van der Waals surface area (Å²) in [5, 5.41) is 0. The quantitative estimate of drug-likeness (QED) is 0.555. The van der Waals surface area contributed by atoms with Crippen LogP contribution < -0.4 is 0 Å². The Morgan fingerprint density at radius 3 is 2.33 bits per heavy atom. The van der Waals surface area contributed by atoms with Gasteiger partial charge < -0.3 is 18.9 Å². The molecule has 18 heavy (non-hydrogen) atoms. The van der Waals surface area contributed by atoms with E-state index in [1.165, 1.54) is 13.0 Å². The topological polar surface area (TPSA) is 71.1 Å². The lowest BCUT2D eigenvalue weighted by atomic mass is 10.2. The fraction of sp³-hybridized carbons (Fsp3) is 0.667. The van der Waals surface area contributed by atoms with Gasteiger partial charge in [0.2, 0.25) is 6.29 Å². The van der Waals surface area contributed by atoms with Crippen molar-refractivity contribution in [3.8, 4) is 0 Å². The number of esters is 1. The van der Waals surface area contributed by atoms with Crippen molar-refractivity contribution in [2.24, 2.45) is 0 Å². The van der Waals surface area contributed by atoms with Gasteiger partial charge in [-0.25, -0.2) is 4.79 Å². The van der Waals surface area contributed by atoms with E-state index in [0.717, 1.165) is 0 Å².